The molecular weight excluding hydrogens is 322 g/mol. The van der Waals surface area contributed by atoms with E-state index in [-0.39, 0.29) is 5.56 Å². The Kier molecular flexibility index (Phi) is 4.52. The highest BCUT2D eigenvalue weighted by Gasteiger charge is 2.24. The number of ether oxygens (including phenoxy) is 1. The quantitative estimate of drug-likeness (QED) is 0.804. The lowest BCUT2D eigenvalue weighted by molar-refractivity contribution is 0.174. The smallest absolute Gasteiger partial charge is 0.324 e. The first kappa shape index (κ1) is 16.3. The number of fused-ring (bicyclic) bond motifs is 1. The summed E-state index contributed by atoms with van der Waals surface area (Å²) in [6.45, 7) is 2.74. The van der Waals surface area contributed by atoms with Crippen molar-refractivity contribution in [3.8, 4) is 0 Å². The number of methoxy groups -OCH3 is 1. The summed E-state index contributed by atoms with van der Waals surface area (Å²) >= 11 is 0. The first-order valence-corrected chi connectivity index (χ1v) is 8.89. The third-order valence-corrected chi connectivity index (χ3v) is 5.07. The van der Waals surface area contributed by atoms with Gasteiger partial charge in [0.1, 0.15) is 6.61 Å². The molecule has 25 heavy (non-hydrogen) atoms. The maximum Gasteiger partial charge on any atom is 0.324 e. The third-order valence-electron chi connectivity index (χ3n) is 5.07. The van der Waals surface area contributed by atoms with Gasteiger partial charge in [-0.1, -0.05) is 5.16 Å². The molecule has 3 heterocycles. The van der Waals surface area contributed by atoms with E-state index in [1.807, 2.05) is 0 Å². The Balaban J connectivity index is 1.37. The number of hydrogen-bond donors (Lipinski definition) is 0. The van der Waals surface area contributed by atoms with Gasteiger partial charge >= 0.3 is 6.01 Å². The molecule has 0 spiro atoms. The van der Waals surface area contributed by atoms with Gasteiger partial charge in [-0.25, -0.2) is 4.68 Å². The fourth-order valence-corrected chi connectivity index (χ4v) is 3.68. The maximum absolute atomic E-state index is 12.2. The molecule has 0 radical (unpaired) electrons. The second-order valence-electron chi connectivity index (χ2n) is 6.85. The van der Waals surface area contributed by atoms with Gasteiger partial charge in [-0.2, -0.15) is 10.1 Å². The molecule has 134 valence electrons. The zero-order valence-electron chi connectivity index (χ0n) is 14.5. The van der Waals surface area contributed by atoms with Crippen molar-refractivity contribution in [3.05, 3.63) is 33.5 Å². The van der Waals surface area contributed by atoms with E-state index in [2.05, 4.69) is 20.1 Å². The van der Waals surface area contributed by atoms with Crippen LogP contribution in [0.1, 0.15) is 36.3 Å². The van der Waals surface area contributed by atoms with Crippen LogP contribution in [0.4, 0.5) is 6.01 Å². The molecule has 1 aliphatic heterocycles. The largest absolute Gasteiger partial charge is 0.377 e. The molecule has 4 rings (SSSR count). The van der Waals surface area contributed by atoms with Gasteiger partial charge in [-0.05, 0) is 43.6 Å². The van der Waals surface area contributed by atoms with E-state index in [0.29, 0.717) is 30.9 Å². The van der Waals surface area contributed by atoms with Gasteiger partial charge in [-0.3, -0.25) is 4.79 Å². The molecule has 0 atom stereocenters. The summed E-state index contributed by atoms with van der Waals surface area (Å²) in [6, 6.07) is 2.33. The number of nitrogens with zero attached hydrogens (tertiary/aromatic N) is 5. The van der Waals surface area contributed by atoms with Gasteiger partial charge < -0.3 is 14.2 Å². The summed E-state index contributed by atoms with van der Waals surface area (Å²) in [6.07, 6.45) is 5.06. The Morgan fingerprint density at radius 3 is 2.96 bits per heavy atom. The van der Waals surface area contributed by atoms with Crippen molar-refractivity contribution in [2.24, 2.45) is 5.92 Å². The van der Waals surface area contributed by atoms with E-state index in [0.717, 1.165) is 56.5 Å². The summed E-state index contributed by atoms with van der Waals surface area (Å²) in [7, 11) is 1.61. The van der Waals surface area contributed by atoms with Crippen molar-refractivity contribution in [2.75, 3.05) is 25.1 Å². The average molecular weight is 345 g/mol. The first-order chi connectivity index (χ1) is 12.2. The molecule has 0 amide bonds. The maximum atomic E-state index is 12.2. The molecule has 0 unspecified atom stereocenters. The molecule has 2 aromatic rings. The van der Waals surface area contributed by atoms with E-state index >= 15 is 0 Å². The van der Waals surface area contributed by atoms with Crippen molar-refractivity contribution in [1.82, 2.24) is 19.9 Å². The lowest BCUT2D eigenvalue weighted by Crippen LogP contribution is -2.37. The number of piperidine rings is 1. The zero-order chi connectivity index (χ0) is 17.2. The van der Waals surface area contributed by atoms with Crippen LogP contribution in [0.2, 0.25) is 0 Å². The lowest BCUT2D eigenvalue weighted by Gasteiger charge is -2.30. The highest BCUT2D eigenvalue weighted by atomic mass is 16.5. The molecule has 0 bridgehead atoms. The summed E-state index contributed by atoms with van der Waals surface area (Å²) in [5.41, 5.74) is 2.28. The average Bonchev–Trinajstić information content (AvgIpc) is 3.25. The predicted octanol–water partition coefficient (Wildman–Crippen LogP) is 1.18. The Labute approximate surface area is 145 Å². The molecule has 1 aliphatic carbocycles. The fourth-order valence-electron chi connectivity index (χ4n) is 3.68. The lowest BCUT2D eigenvalue weighted by atomic mass is 9.97. The molecule has 2 aliphatic rings. The zero-order valence-corrected chi connectivity index (χ0v) is 14.5. The van der Waals surface area contributed by atoms with Crippen molar-refractivity contribution < 1.29 is 9.26 Å². The summed E-state index contributed by atoms with van der Waals surface area (Å²) in [5, 5.41) is 8.49. The van der Waals surface area contributed by atoms with Crippen LogP contribution in [-0.2, 0) is 30.7 Å². The van der Waals surface area contributed by atoms with Crippen LogP contribution in [0.25, 0.3) is 0 Å². The molecule has 1 saturated heterocycles. The Morgan fingerprint density at radius 2 is 2.16 bits per heavy atom. The highest BCUT2D eigenvalue weighted by Crippen LogP contribution is 2.23. The van der Waals surface area contributed by atoms with Crippen LogP contribution < -0.4 is 10.5 Å². The second kappa shape index (κ2) is 6.95. The van der Waals surface area contributed by atoms with Gasteiger partial charge in [-0.15, -0.1) is 0 Å². The number of aromatic nitrogens is 4. The second-order valence-corrected chi connectivity index (χ2v) is 6.85. The minimum absolute atomic E-state index is 0.0317. The molecule has 8 nitrogen and oxygen atoms in total. The highest BCUT2D eigenvalue weighted by molar-refractivity contribution is 5.25. The summed E-state index contributed by atoms with van der Waals surface area (Å²) < 4.78 is 12.0. The van der Waals surface area contributed by atoms with E-state index in [4.69, 9.17) is 9.26 Å². The van der Waals surface area contributed by atoms with E-state index in [9.17, 15) is 4.79 Å². The predicted molar refractivity (Wildman–Crippen MR) is 90.5 cm³/mol. The molecule has 0 saturated carbocycles. The normalized spacial score (nSPS) is 17.9. The van der Waals surface area contributed by atoms with Crippen LogP contribution in [-0.4, -0.2) is 40.1 Å². The molecule has 2 aromatic heterocycles. The number of hydrogen-bond acceptors (Lipinski definition) is 7. The van der Waals surface area contributed by atoms with Crippen LogP contribution >= 0.6 is 0 Å². The van der Waals surface area contributed by atoms with Gasteiger partial charge in [0, 0.05) is 32.8 Å². The molecule has 0 aromatic carbocycles. The number of aryl methyl sites for hydroxylation is 2. The minimum atomic E-state index is 0.0317. The molecule has 8 heteroatoms. The summed E-state index contributed by atoms with van der Waals surface area (Å²) in [5.74, 6) is 1.01. The van der Waals surface area contributed by atoms with Crippen molar-refractivity contribution in [2.45, 2.75) is 45.3 Å². The van der Waals surface area contributed by atoms with Gasteiger partial charge in [0.2, 0.25) is 0 Å². The van der Waals surface area contributed by atoms with Gasteiger partial charge in [0.05, 0.1) is 5.69 Å². The standard InChI is InChI=1S/C17H23N5O3/c1-24-11-15-18-17(25-20-15)21-7-5-12(6-8-21)10-22-16(23)9-13-3-2-4-14(13)19-22/h9,12H,2-8,10-11H2,1H3. The monoisotopic (exact) mass is 345 g/mol. The Hall–Kier alpha value is -2.22. The van der Waals surface area contributed by atoms with Crippen LogP contribution in [0.3, 0.4) is 0 Å². The molecule has 0 N–H and O–H groups in total. The van der Waals surface area contributed by atoms with Crippen LogP contribution in [0.15, 0.2) is 15.4 Å². The molecule has 1 fully saturated rings. The Morgan fingerprint density at radius 1 is 1.32 bits per heavy atom. The number of rotatable bonds is 5. The van der Waals surface area contributed by atoms with Crippen molar-refractivity contribution in [3.63, 3.8) is 0 Å². The Bertz CT molecular complexity index is 792. The van der Waals surface area contributed by atoms with Gasteiger partial charge in [0.25, 0.3) is 5.56 Å². The first-order valence-electron chi connectivity index (χ1n) is 8.89. The van der Waals surface area contributed by atoms with Crippen LogP contribution in [0, 0.1) is 5.92 Å². The minimum Gasteiger partial charge on any atom is -0.377 e. The van der Waals surface area contributed by atoms with Crippen LogP contribution in [0.5, 0.6) is 0 Å². The summed E-state index contributed by atoms with van der Waals surface area (Å²) in [4.78, 5) is 18.7. The molecular formula is C17H23N5O3. The number of anilines is 1. The van der Waals surface area contributed by atoms with Gasteiger partial charge in [0.15, 0.2) is 5.82 Å². The van der Waals surface area contributed by atoms with E-state index in [1.54, 1.807) is 17.9 Å². The fraction of sp³-hybridized carbons (Fsp3) is 0.647. The van der Waals surface area contributed by atoms with Crippen molar-refractivity contribution >= 4 is 6.01 Å². The third kappa shape index (κ3) is 3.44. The van der Waals surface area contributed by atoms with E-state index < -0.39 is 0 Å². The topological polar surface area (TPSA) is 86.3 Å². The van der Waals surface area contributed by atoms with E-state index in [1.165, 1.54) is 0 Å². The SMILES string of the molecule is COCc1noc(N2CCC(Cn3nc4c(cc3=O)CCC4)CC2)n1. The van der Waals surface area contributed by atoms with Crippen molar-refractivity contribution in [1.29, 1.82) is 0 Å².